The van der Waals surface area contributed by atoms with Gasteiger partial charge in [-0.1, -0.05) is 17.7 Å². The number of para-hydroxylation sites is 1. The van der Waals surface area contributed by atoms with E-state index in [4.69, 9.17) is 11.6 Å². The van der Waals surface area contributed by atoms with E-state index in [1.807, 2.05) is 11.9 Å². The third-order valence-electron chi connectivity index (χ3n) is 4.69. The van der Waals surface area contributed by atoms with Crippen molar-refractivity contribution in [3.63, 3.8) is 0 Å². The molecule has 3 rings (SSSR count). The summed E-state index contributed by atoms with van der Waals surface area (Å²) in [5.74, 6) is 0. The zero-order valence-corrected chi connectivity index (χ0v) is 12.5. The second kappa shape index (κ2) is 5.36. The first-order chi connectivity index (χ1) is 9.91. The Balaban J connectivity index is 2.02. The molecule has 0 amide bonds. The first kappa shape index (κ1) is 15.0. The quantitative estimate of drug-likeness (QED) is 0.884. The van der Waals surface area contributed by atoms with Gasteiger partial charge in [-0.2, -0.15) is 13.2 Å². The average Bonchev–Trinajstić information content (AvgIpc) is 2.68. The molecule has 2 heterocycles. The summed E-state index contributed by atoms with van der Waals surface area (Å²) >= 11 is 6.14. The van der Waals surface area contributed by atoms with E-state index in [1.165, 1.54) is 6.07 Å². The van der Waals surface area contributed by atoms with Crippen molar-refractivity contribution in [1.29, 1.82) is 0 Å². The summed E-state index contributed by atoms with van der Waals surface area (Å²) in [5, 5.41) is 3.45. The summed E-state index contributed by atoms with van der Waals surface area (Å²) in [7, 11) is 1.91. The predicted molar refractivity (Wildman–Crippen MR) is 77.8 cm³/mol. The number of anilines is 1. The molecule has 0 aromatic heterocycles. The fourth-order valence-electron chi connectivity index (χ4n) is 3.78. The first-order valence-electron chi connectivity index (χ1n) is 7.23. The van der Waals surface area contributed by atoms with Crippen molar-refractivity contribution >= 4 is 17.3 Å². The number of alkyl halides is 3. The minimum Gasteiger partial charge on any atom is -0.364 e. The van der Waals surface area contributed by atoms with Crippen molar-refractivity contribution < 1.29 is 13.2 Å². The van der Waals surface area contributed by atoms with Gasteiger partial charge in [-0.15, -0.1) is 0 Å². The van der Waals surface area contributed by atoms with Crippen molar-refractivity contribution in [1.82, 2.24) is 5.32 Å². The van der Waals surface area contributed by atoms with E-state index < -0.39 is 11.7 Å². The number of piperidine rings is 1. The zero-order chi connectivity index (χ0) is 15.2. The Morgan fingerprint density at radius 2 is 1.81 bits per heavy atom. The van der Waals surface area contributed by atoms with Crippen LogP contribution in [-0.4, -0.2) is 25.2 Å². The molecule has 2 atom stereocenters. The van der Waals surface area contributed by atoms with Crippen molar-refractivity contribution in [3.8, 4) is 0 Å². The SMILES string of the molecule is CNC1CC2CCC(C1)N2c1c(Cl)cccc1C(F)(F)F. The van der Waals surface area contributed by atoms with Gasteiger partial charge in [-0.3, -0.25) is 0 Å². The largest absolute Gasteiger partial charge is 0.418 e. The number of hydrogen-bond donors (Lipinski definition) is 1. The van der Waals surface area contributed by atoms with Crippen LogP contribution >= 0.6 is 11.6 Å². The standard InChI is InChI=1S/C15H18ClF3N2/c1-20-9-7-10-5-6-11(8-9)21(10)14-12(15(17,18)19)3-2-4-13(14)16/h2-4,9-11,20H,5-8H2,1H3. The number of nitrogens with one attached hydrogen (secondary N) is 1. The summed E-state index contributed by atoms with van der Waals surface area (Å²) in [4.78, 5) is 1.93. The Labute approximate surface area is 127 Å². The summed E-state index contributed by atoms with van der Waals surface area (Å²) in [5.41, 5.74) is -0.441. The highest BCUT2D eigenvalue weighted by atomic mass is 35.5. The molecule has 1 aromatic rings. The van der Waals surface area contributed by atoms with Crippen molar-refractivity contribution in [2.24, 2.45) is 0 Å². The number of benzene rings is 1. The highest BCUT2D eigenvalue weighted by molar-refractivity contribution is 6.33. The van der Waals surface area contributed by atoms with Crippen LogP contribution in [0.4, 0.5) is 18.9 Å². The maximum Gasteiger partial charge on any atom is 0.418 e. The fraction of sp³-hybridized carbons (Fsp3) is 0.600. The highest BCUT2D eigenvalue weighted by Crippen LogP contribution is 2.47. The number of rotatable bonds is 2. The molecule has 1 N–H and O–H groups in total. The lowest BCUT2D eigenvalue weighted by atomic mass is 9.95. The van der Waals surface area contributed by atoms with Crippen molar-refractivity contribution in [2.75, 3.05) is 11.9 Å². The van der Waals surface area contributed by atoms with Crippen LogP contribution in [-0.2, 0) is 6.18 Å². The second-order valence-corrected chi connectivity index (χ2v) is 6.29. The highest BCUT2D eigenvalue weighted by Gasteiger charge is 2.45. The van der Waals surface area contributed by atoms with Crippen molar-refractivity contribution in [2.45, 2.75) is 50.0 Å². The molecule has 2 saturated heterocycles. The number of hydrogen-bond acceptors (Lipinski definition) is 2. The maximum atomic E-state index is 13.3. The van der Waals surface area contributed by atoms with Crippen LogP contribution in [0.25, 0.3) is 0 Å². The fourth-order valence-corrected chi connectivity index (χ4v) is 4.06. The van der Waals surface area contributed by atoms with E-state index >= 15 is 0 Å². The van der Waals surface area contributed by atoms with E-state index in [9.17, 15) is 13.2 Å². The normalized spacial score (nSPS) is 29.0. The Hall–Kier alpha value is -0.940. The summed E-state index contributed by atoms with van der Waals surface area (Å²) in [6.07, 6.45) is -0.763. The van der Waals surface area contributed by atoms with Gasteiger partial charge in [0.1, 0.15) is 0 Å². The molecular formula is C15H18ClF3N2. The van der Waals surface area contributed by atoms with E-state index in [0.717, 1.165) is 31.7 Å². The van der Waals surface area contributed by atoms with E-state index in [0.29, 0.717) is 6.04 Å². The molecule has 2 nitrogen and oxygen atoms in total. The summed E-state index contributed by atoms with van der Waals surface area (Å²) < 4.78 is 39.9. The first-order valence-corrected chi connectivity index (χ1v) is 7.61. The molecule has 0 aliphatic carbocycles. The maximum absolute atomic E-state index is 13.3. The lowest BCUT2D eigenvalue weighted by Crippen LogP contribution is -2.49. The molecule has 0 radical (unpaired) electrons. The Bertz CT molecular complexity index is 518. The average molecular weight is 319 g/mol. The molecule has 21 heavy (non-hydrogen) atoms. The molecule has 2 bridgehead atoms. The zero-order valence-electron chi connectivity index (χ0n) is 11.8. The Kier molecular flexibility index (Phi) is 3.82. The Morgan fingerprint density at radius 1 is 1.19 bits per heavy atom. The van der Waals surface area contributed by atoms with Crippen molar-refractivity contribution in [3.05, 3.63) is 28.8 Å². The molecule has 2 aliphatic heterocycles. The smallest absolute Gasteiger partial charge is 0.364 e. The van der Waals surface area contributed by atoms with Gasteiger partial charge in [0, 0.05) is 18.1 Å². The number of fused-ring (bicyclic) bond motifs is 2. The molecule has 0 spiro atoms. The number of nitrogens with zero attached hydrogens (tertiary/aromatic N) is 1. The third-order valence-corrected chi connectivity index (χ3v) is 5.00. The van der Waals surface area contributed by atoms with Gasteiger partial charge in [0.2, 0.25) is 0 Å². The minimum absolute atomic E-state index is 0.141. The summed E-state index contributed by atoms with van der Waals surface area (Å²) in [6.45, 7) is 0. The monoisotopic (exact) mass is 318 g/mol. The van der Waals surface area contributed by atoms with Crippen LogP contribution in [0.2, 0.25) is 5.02 Å². The minimum atomic E-state index is -4.38. The molecule has 6 heteroatoms. The van der Waals surface area contributed by atoms with Crippen LogP contribution in [0.1, 0.15) is 31.2 Å². The van der Waals surface area contributed by atoms with Crippen LogP contribution in [0.3, 0.4) is 0 Å². The van der Waals surface area contributed by atoms with Crippen LogP contribution in [0.15, 0.2) is 18.2 Å². The van der Waals surface area contributed by atoms with Gasteiger partial charge in [0.05, 0.1) is 16.3 Å². The number of halogens is 4. The molecule has 0 saturated carbocycles. The molecule has 2 fully saturated rings. The third kappa shape index (κ3) is 2.61. The molecule has 116 valence electrons. The van der Waals surface area contributed by atoms with Gasteiger partial charge in [0.15, 0.2) is 0 Å². The van der Waals surface area contributed by atoms with E-state index in [2.05, 4.69) is 5.32 Å². The molecular weight excluding hydrogens is 301 g/mol. The summed E-state index contributed by atoms with van der Waals surface area (Å²) in [6, 6.07) is 4.72. The van der Waals surface area contributed by atoms with E-state index in [1.54, 1.807) is 6.07 Å². The van der Waals surface area contributed by atoms with Gasteiger partial charge >= 0.3 is 6.18 Å². The molecule has 1 aromatic carbocycles. The molecule has 2 unspecified atom stereocenters. The van der Waals surface area contributed by atoms with Gasteiger partial charge in [0.25, 0.3) is 0 Å². The van der Waals surface area contributed by atoms with Gasteiger partial charge in [-0.05, 0) is 44.9 Å². The van der Waals surface area contributed by atoms with Crippen LogP contribution < -0.4 is 10.2 Å². The predicted octanol–water partition coefficient (Wildman–Crippen LogP) is 4.08. The van der Waals surface area contributed by atoms with Gasteiger partial charge in [-0.25, -0.2) is 0 Å². The topological polar surface area (TPSA) is 15.3 Å². The molecule has 2 aliphatic rings. The van der Waals surface area contributed by atoms with E-state index in [-0.39, 0.29) is 22.8 Å². The second-order valence-electron chi connectivity index (χ2n) is 5.88. The van der Waals surface area contributed by atoms with Crippen LogP contribution in [0.5, 0.6) is 0 Å². The lowest BCUT2D eigenvalue weighted by Gasteiger charge is -2.42. The Morgan fingerprint density at radius 3 is 2.33 bits per heavy atom. The van der Waals surface area contributed by atoms with Gasteiger partial charge < -0.3 is 10.2 Å². The lowest BCUT2D eigenvalue weighted by molar-refractivity contribution is -0.137. The van der Waals surface area contributed by atoms with Crippen LogP contribution in [0, 0.1) is 0 Å².